The highest BCUT2D eigenvalue weighted by atomic mass is 16.7. The molecule has 176 valence electrons. The number of aliphatic hydroxyl groups is 2. The van der Waals surface area contributed by atoms with Crippen molar-refractivity contribution in [2.45, 2.75) is 95.9 Å². The van der Waals surface area contributed by atoms with Crippen molar-refractivity contribution in [2.24, 2.45) is 5.92 Å². The van der Waals surface area contributed by atoms with Gasteiger partial charge in [0.15, 0.2) is 18.2 Å². The molecule has 0 aliphatic carbocycles. The Morgan fingerprint density at radius 3 is 2.59 bits per heavy atom. The van der Waals surface area contributed by atoms with Gasteiger partial charge in [-0.2, -0.15) is 0 Å². The van der Waals surface area contributed by atoms with Crippen LogP contribution in [0.2, 0.25) is 0 Å². The van der Waals surface area contributed by atoms with Crippen molar-refractivity contribution < 1.29 is 34.0 Å². The van der Waals surface area contributed by atoms with E-state index in [0.29, 0.717) is 42.6 Å². The molecule has 2 aliphatic rings. The van der Waals surface area contributed by atoms with Crippen molar-refractivity contribution in [3.63, 3.8) is 0 Å². The Kier molecular flexibility index (Phi) is 6.38. The van der Waals surface area contributed by atoms with Crippen LogP contribution in [0.25, 0.3) is 11.0 Å². The largest absolute Gasteiger partial charge is 0.507 e. The molecule has 2 aliphatic heterocycles. The molecule has 3 N–H and O–H groups in total. The minimum atomic E-state index is -1.20. The van der Waals surface area contributed by atoms with Gasteiger partial charge in [-0.05, 0) is 36.8 Å². The minimum absolute atomic E-state index is 0.0349. The first-order chi connectivity index (χ1) is 15.3. The van der Waals surface area contributed by atoms with Crippen molar-refractivity contribution >= 4 is 17.3 Å². The van der Waals surface area contributed by atoms with E-state index in [9.17, 15) is 20.1 Å². The highest BCUT2D eigenvalue weighted by molar-refractivity contribution is 6.00. The molecule has 0 amide bonds. The lowest BCUT2D eigenvalue weighted by atomic mass is 9.80. The smallest absolute Gasteiger partial charge is 0.189 e. The van der Waals surface area contributed by atoms with E-state index < -0.39 is 24.1 Å². The topological polar surface area (TPSA) is 113 Å². The molecular weight excluding hydrogens is 412 g/mol. The van der Waals surface area contributed by atoms with Gasteiger partial charge in [0.2, 0.25) is 0 Å². The van der Waals surface area contributed by atoms with Gasteiger partial charge in [0.1, 0.15) is 11.3 Å². The van der Waals surface area contributed by atoms with Gasteiger partial charge >= 0.3 is 0 Å². The standard InChI is InChI=1S/C25H34O7/c1-5-7-15(19-10-20(27)25(24(29)31-19)21(6-2)32-25)18-12-30-23-16(18)9-14(8-13(3)4)22(28)17(23)11-26/h9,11-13,15,19-21,24,27-29H,5-8,10H2,1-4H3/t15?,19-,20-,21-,24-,25?/m1/s1. The number of ether oxygens (including phenoxy) is 2. The molecule has 7 nitrogen and oxygen atoms in total. The predicted molar refractivity (Wildman–Crippen MR) is 119 cm³/mol. The van der Waals surface area contributed by atoms with Gasteiger partial charge in [0.05, 0.1) is 30.1 Å². The summed E-state index contributed by atoms with van der Waals surface area (Å²) in [6.45, 7) is 8.13. The summed E-state index contributed by atoms with van der Waals surface area (Å²) < 4.78 is 17.5. The Morgan fingerprint density at radius 1 is 1.28 bits per heavy atom. The maximum Gasteiger partial charge on any atom is 0.189 e. The van der Waals surface area contributed by atoms with Crippen LogP contribution in [0, 0.1) is 5.92 Å². The molecule has 0 radical (unpaired) electrons. The number of hydrogen-bond acceptors (Lipinski definition) is 7. The van der Waals surface area contributed by atoms with E-state index >= 15 is 0 Å². The number of hydrogen-bond donors (Lipinski definition) is 3. The van der Waals surface area contributed by atoms with E-state index in [1.54, 1.807) is 6.26 Å². The number of aldehydes is 1. The lowest BCUT2D eigenvalue weighted by Gasteiger charge is -2.39. The molecule has 2 aromatic rings. The molecule has 1 aromatic carbocycles. The molecule has 2 fully saturated rings. The number of epoxide rings is 1. The van der Waals surface area contributed by atoms with E-state index in [4.69, 9.17) is 13.9 Å². The summed E-state index contributed by atoms with van der Waals surface area (Å²) in [5.41, 5.74) is 1.04. The van der Waals surface area contributed by atoms with Gasteiger partial charge in [-0.15, -0.1) is 0 Å². The molecule has 32 heavy (non-hydrogen) atoms. The summed E-state index contributed by atoms with van der Waals surface area (Å²) in [7, 11) is 0. The van der Waals surface area contributed by atoms with E-state index in [-0.39, 0.29) is 23.3 Å². The zero-order valence-electron chi connectivity index (χ0n) is 19.2. The van der Waals surface area contributed by atoms with Crippen LogP contribution < -0.4 is 0 Å². The highest BCUT2D eigenvalue weighted by Crippen LogP contribution is 2.51. The van der Waals surface area contributed by atoms with Crippen molar-refractivity contribution in [3.05, 3.63) is 29.0 Å². The summed E-state index contributed by atoms with van der Waals surface area (Å²) in [6, 6.07) is 1.90. The van der Waals surface area contributed by atoms with Gasteiger partial charge in [-0.25, -0.2) is 0 Å². The molecule has 3 heterocycles. The summed E-state index contributed by atoms with van der Waals surface area (Å²) in [4.78, 5) is 11.8. The number of carbonyl (C=O) groups excluding carboxylic acids is 1. The lowest BCUT2D eigenvalue weighted by molar-refractivity contribution is -0.236. The average Bonchev–Trinajstić information content (AvgIpc) is 3.36. The van der Waals surface area contributed by atoms with Crippen molar-refractivity contribution in [2.75, 3.05) is 0 Å². The molecule has 7 heteroatoms. The number of furan rings is 1. The van der Waals surface area contributed by atoms with E-state index in [1.807, 2.05) is 13.0 Å². The second kappa shape index (κ2) is 8.78. The molecule has 6 atom stereocenters. The number of rotatable bonds is 8. The molecule has 2 unspecified atom stereocenters. The van der Waals surface area contributed by atoms with Crippen molar-refractivity contribution in [1.82, 2.24) is 0 Å². The van der Waals surface area contributed by atoms with Gasteiger partial charge in [-0.1, -0.05) is 34.1 Å². The maximum atomic E-state index is 11.8. The second-order valence-corrected chi connectivity index (χ2v) is 9.62. The Balaban J connectivity index is 1.73. The van der Waals surface area contributed by atoms with Crippen LogP contribution in [0.15, 0.2) is 16.7 Å². The van der Waals surface area contributed by atoms with Crippen LogP contribution in [0.4, 0.5) is 0 Å². The number of aliphatic hydroxyl groups excluding tert-OH is 2. The third-order valence-corrected chi connectivity index (χ3v) is 7.01. The number of fused-ring (bicyclic) bond motifs is 1. The third-order valence-electron chi connectivity index (χ3n) is 7.01. The lowest BCUT2D eigenvalue weighted by Crippen LogP contribution is -2.53. The Morgan fingerprint density at radius 2 is 2.03 bits per heavy atom. The third kappa shape index (κ3) is 3.65. The van der Waals surface area contributed by atoms with Gasteiger partial charge in [0, 0.05) is 23.3 Å². The zero-order valence-corrected chi connectivity index (χ0v) is 19.2. The number of phenolic OH excluding ortho intramolecular Hbond substituents is 1. The normalized spacial score (nSPS) is 30.8. The van der Waals surface area contributed by atoms with E-state index in [2.05, 4.69) is 20.8 Å². The Labute approximate surface area is 188 Å². The second-order valence-electron chi connectivity index (χ2n) is 9.62. The van der Waals surface area contributed by atoms with Crippen LogP contribution >= 0.6 is 0 Å². The first-order valence-electron chi connectivity index (χ1n) is 11.7. The maximum absolute atomic E-state index is 11.8. The molecule has 1 aromatic heterocycles. The molecule has 4 rings (SSSR count). The summed E-state index contributed by atoms with van der Waals surface area (Å²) in [5, 5.41) is 33.0. The molecule has 1 spiro atoms. The quantitative estimate of drug-likeness (QED) is 0.414. The van der Waals surface area contributed by atoms with Crippen LogP contribution in [-0.4, -0.2) is 51.8 Å². The molecular formula is C25H34O7. The minimum Gasteiger partial charge on any atom is -0.507 e. The number of benzene rings is 1. The summed E-state index contributed by atoms with van der Waals surface area (Å²) in [5.74, 6) is 0.109. The fourth-order valence-electron chi connectivity index (χ4n) is 5.39. The number of carbonyl (C=O) groups is 1. The molecule has 0 saturated carbocycles. The first kappa shape index (κ1) is 23.2. The van der Waals surface area contributed by atoms with Crippen molar-refractivity contribution in [1.29, 1.82) is 0 Å². The Hall–Kier alpha value is -1.93. The van der Waals surface area contributed by atoms with E-state index in [0.717, 1.165) is 23.8 Å². The SMILES string of the molecule is CCCC(c1coc2c(C=O)c(O)c(CC(C)C)cc12)[C@H]1C[C@@H](O)C2(O[C@@H]2CC)[C@H](O)O1. The monoisotopic (exact) mass is 446 g/mol. The zero-order chi connectivity index (χ0) is 23.2. The van der Waals surface area contributed by atoms with Crippen LogP contribution in [0.3, 0.4) is 0 Å². The number of aromatic hydroxyl groups is 1. The van der Waals surface area contributed by atoms with Crippen LogP contribution in [-0.2, 0) is 15.9 Å². The predicted octanol–water partition coefficient (Wildman–Crippen LogP) is 4.05. The first-order valence-corrected chi connectivity index (χ1v) is 11.7. The van der Waals surface area contributed by atoms with Crippen LogP contribution in [0.5, 0.6) is 5.75 Å². The van der Waals surface area contributed by atoms with Gasteiger partial charge in [-0.3, -0.25) is 4.79 Å². The van der Waals surface area contributed by atoms with Crippen LogP contribution in [0.1, 0.15) is 80.8 Å². The highest BCUT2D eigenvalue weighted by Gasteiger charge is 2.68. The number of phenols is 1. The Bertz CT molecular complexity index is 966. The van der Waals surface area contributed by atoms with E-state index in [1.165, 1.54) is 0 Å². The van der Waals surface area contributed by atoms with Crippen molar-refractivity contribution in [3.8, 4) is 5.75 Å². The summed E-state index contributed by atoms with van der Waals surface area (Å²) in [6.07, 6.45) is 2.85. The molecule has 2 saturated heterocycles. The molecule has 0 bridgehead atoms. The fourth-order valence-corrected chi connectivity index (χ4v) is 5.39. The fraction of sp³-hybridized carbons (Fsp3) is 0.640. The van der Waals surface area contributed by atoms with Gasteiger partial charge < -0.3 is 29.2 Å². The van der Waals surface area contributed by atoms with Gasteiger partial charge in [0.25, 0.3) is 0 Å². The average molecular weight is 447 g/mol. The summed E-state index contributed by atoms with van der Waals surface area (Å²) >= 11 is 0.